The van der Waals surface area contributed by atoms with Gasteiger partial charge in [-0.25, -0.2) is 17.5 Å². The zero-order valence-corrected chi connectivity index (χ0v) is 13.2. The Morgan fingerprint density at radius 1 is 1.43 bits per heavy atom. The topological polar surface area (TPSA) is 91.8 Å². The van der Waals surface area contributed by atoms with Crippen molar-refractivity contribution in [1.29, 1.82) is 0 Å². The molecule has 0 bridgehead atoms. The van der Waals surface area contributed by atoms with E-state index in [9.17, 15) is 18.0 Å². The van der Waals surface area contributed by atoms with Crippen LogP contribution in [0.3, 0.4) is 0 Å². The maximum Gasteiger partial charge on any atom is 0.335 e. The lowest BCUT2D eigenvalue weighted by Crippen LogP contribution is -2.34. The van der Waals surface area contributed by atoms with Crippen LogP contribution in [-0.2, 0) is 10.0 Å². The van der Waals surface area contributed by atoms with Crippen LogP contribution in [0.5, 0.6) is 0 Å². The van der Waals surface area contributed by atoms with Crippen LogP contribution in [0.15, 0.2) is 23.1 Å². The predicted molar refractivity (Wildman–Crippen MR) is 79.2 cm³/mol. The normalized spacial score (nSPS) is 17.6. The Kier molecular flexibility index (Phi) is 4.29. The molecule has 1 atom stereocenters. The first kappa shape index (κ1) is 15.8. The maximum absolute atomic E-state index is 12.4. The lowest BCUT2D eigenvalue weighted by atomic mass is 10.1. The third-order valence-electron chi connectivity index (χ3n) is 3.18. The highest BCUT2D eigenvalue weighted by atomic mass is 32.2. The number of nitrogens with zero attached hydrogens (tertiary/aromatic N) is 1. The number of hydrogen-bond donors (Lipinski definition) is 1. The smallest absolute Gasteiger partial charge is 0.335 e. The summed E-state index contributed by atoms with van der Waals surface area (Å²) in [6.07, 6.45) is 1.91. The molecule has 114 valence electrons. The molecule has 0 aliphatic carbocycles. The lowest BCUT2D eigenvalue weighted by Gasteiger charge is -2.19. The highest BCUT2D eigenvalue weighted by Crippen LogP contribution is 2.31. The largest absolute Gasteiger partial charge is 0.478 e. The molecule has 1 aromatic carbocycles. The second-order valence-corrected chi connectivity index (χ2v) is 7.66. The fourth-order valence-corrected chi connectivity index (χ4v) is 4.60. The van der Waals surface area contributed by atoms with Crippen LogP contribution >= 0.6 is 11.8 Å². The van der Waals surface area contributed by atoms with Crippen molar-refractivity contribution in [1.82, 2.24) is 4.31 Å². The molecule has 0 spiro atoms. The molecule has 1 aliphatic rings. The fraction of sp³-hybridized carbons (Fsp3) is 0.385. The van der Waals surface area contributed by atoms with E-state index in [1.807, 2.05) is 13.2 Å². The van der Waals surface area contributed by atoms with Crippen LogP contribution in [0.4, 0.5) is 0 Å². The summed E-state index contributed by atoms with van der Waals surface area (Å²) >= 11 is 1.57. The molecule has 21 heavy (non-hydrogen) atoms. The van der Waals surface area contributed by atoms with Gasteiger partial charge in [0.1, 0.15) is 4.90 Å². The molecule has 0 fully saturated rings. The number of carbonyl (C=O) groups is 2. The monoisotopic (exact) mass is 329 g/mol. The van der Waals surface area contributed by atoms with Gasteiger partial charge in [-0.1, -0.05) is 6.92 Å². The van der Waals surface area contributed by atoms with E-state index in [4.69, 9.17) is 5.11 Å². The number of carboxylic acid groups (broad SMARTS) is 1. The first-order valence-electron chi connectivity index (χ1n) is 6.22. The van der Waals surface area contributed by atoms with Gasteiger partial charge in [0.25, 0.3) is 15.9 Å². The summed E-state index contributed by atoms with van der Waals surface area (Å²) < 4.78 is 25.7. The highest BCUT2D eigenvalue weighted by molar-refractivity contribution is 7.98. The van der Waals surface area contributed by atoms with E-state index in [2.05, 4.69) is 0 Å². The second kappa shape index (κ2) is 5.69. The summed E-state index contributed by atoms with van der Waals surface area (Å²) in [6.45, 7) is 1.96. The van der Waals surface area contributed by atoms with Crippen molar-refractivity contribution in [3.8, 4) is 0 Å². The quantitative estimate of drug-likeness (QED) is 0.881. The number of thioether (sulfide) groups is 1. The van der Waals surface area contributed by atoms with Crippen LogP contribution < -0.4 is 0 Å². The number of carboxylic acids is 1. The molecule has 1 amide bonds. The lowest BCUT2D eigenvalue weighted by molar-refractivity contribution is 0.0695. The molecule has 0 saturated carbocycles. The Labute approximate surface area is 127 Å². The minimum atomic E-state index is -3.95. The highest BCUT2D eigenvalue weighted by Gasteiger charge is 2.41. The fourth-order valence-electron chi connectivity index (χ4n) is 2.21. The summed E-state index contributed by atoms with van der Waals surface area (Å²) in [4.78, 5) is 22.9. The molecule has 0 radical (unpaired) electrons. The average molecular weight is 329 g/mol. The van der Waals surface area contributed by atoms with Crippen molar-refractivity contribution >= 4 is 33.7 Å². The van der Waals surface area contributed by atoms with Crippen molar-refractivity contribution in [2.75, 3.05) is 18.6 Å². The molecule has 6 nitrogen and oxygen atoms in total. The molecule has 0 saturated heterocycles. The van der Waals surface area contributed by atoms with E-state index in [0.717, 1.165) is 16.1 Å². The van der Waals surface area contributed by atoms with E-state index >= 15 is 0 Å². The van der Waals surface area contributed by atoms with Gasteiger partial charge < -0.3 is 5.11 Å². The van der Waals surface area contributed by atoms with E-state index in [0.29, 0.717) is 0 Å². The van der Waals surface area contributed by atoms with Crippen LogP contribution in [0.2, 0.25) is 0 Å². The van der Waals surface area contributed by atoms with Crippen molar-refractivity contribution in [3.63, 3.8) is 0 Å². The minimum absolute atomic E-state index is 0.0204. The zero-order valence-electron chi connectivity index (χ0n) is 11.6. The summed E-state index contributed by atoms with van der Waals surface area (Å²) in [6, 6.07) is 3.55. The first-order valence-corrected chi connectivity index (χ1v) is 9.05. The van der Waals surface area contributed by atoms with E-state index in [1.165, 1.54) is 12.1 Å². The van der Waals surface area contributed by atoms with Gasteiger partial charge in [-0.05, 0) is 36.1 Å². The molecular weight excluding hydrogens is 314 g/mol. The molecular formula is C13H15NO5S2. The Hall–Kier alpha value is -1.54. The number of carbonyl (C=O) groups excluding carboxylic acids is 1. The molecule has 1 N–H and O–H groups in total. The number of sulfonamides is 1. The SMILES string of the molecule is CSCC(C)CN1C(=O)c2ccc(C(=O)O)cc2S1(=O)=O. The van der Waals surface area contributed by atoms with Gasteiger partial charge in [0.05, 0.1) is 11.1 Å². The number of rotatable bonds is 5. The summed E-state index contributed by atoms with van der Waals surface area (Å²) in [5, 5.41) is 8.94. The second-order valence-electron chi connectivity index (χ2n) is 4.92. The minimum Gasteiger partial charge on any atom is -0.478 e. The van der Waals surface area contributed by atoms with Gasteiger partial charge in [-0.15, -0.1) is 0 Å². The zero-order chi connectivity index (χ0) is 15.8. The van der Waals surface area contributed by atoms with Crippen LogP contribution in [0.25, 0.3) is 0 Å². The van der Waals surface area contributed by atoms with Crippen molar-refractivity contribution < 1.29 is 23.1 Å². The van der Waals surface area contributed by atoms with Crippen LogP contribution in [-0.4, -0.2) is 48.3 Å². The molecule has 8 heteroatoms. The number of amides is 1. The summed E-state index contributed by atoms with van der Waals surface area (Å²) in [7, 11) is -3.95. The van der Waals surface area contributed by atoms with E-state index < -0.39 is 21.9 Å². The van der Waals surface area contributed by atoms with Gasteiger partial charge in [0.15, 0.2) is 0 Å². The Morgan fingerprint density at radius 2 is 2.10 bits per heavy atom. The van der Waals surface area contributed by atoms with Crippen molar-refractivity contribution in [3.05, 3.63) is 29.3 Å². The Bertz CT molecular complexity index is 699. The van der Waals surface area contributed by atoms with E-state index in [-0.39, 0.29) is 28.5 Å². The number of hydrogen-bond acceptors (Lipinski definition) is 5. The van der Waals surface area contributed by atoms with Gasteiger partial charge >= 0.3 is 5.97 Å². The molecule has 1 unspecified atom stereocenters. The summed E-state index contributed by atoms with van der Waals surface area (Å²) in [5.74, 6) is -1.06. The van der Waals surface area contributed by atoms with Crippen LogP contribution in [0, 0.1) is 5.92 Å². The Morgan fingerprint density at radius 3 is 2.67 bits per heavy atom. The molecule has 0 aromatic heterocycles. The van der Waals surface area contributed by atoms with Crippen molar-refractivity contribution in [2.24, 2.45) is 5.92 Å². The molecule has 1 aliphatic heterocycles. The van der Waals surface area contributed by atoms with Gasteiger partial charge in [0, 0.05) is 6.54 Å². The molecule has 1 heterocycles. The van der Waals surface area contributed by atoms with Gasteiger partial charge in [0.2, 0.25) is 0 Å². The average Bonchev–Trinajstić information content (AvgIpc) is 2.60. The maximum atomic E-state index is 12.4. The predicted octanol–water partition coefficient (Wildman–Crippen LogP) is 1.53. The van der Waals surface area contributed by atoms with E-state index in [1.54, 1.807) is 11.8 Å². The van der Waals surface area contributed by atoms with Gasteiger partial charge in [-0.2, -0.15) is 11.8 Å². The Balaban J connectivity index is 2.42. The molecule has 2 rings (SSSR count). The first-order chi connectivity index (χ1) is 9.78. The number of fused-ring (bicyclic) bond motifs is 1. The standard InChI is InChI=1S/C13H15NO5S2/c1-8(7-20-2)6-14-12(15)10-4-3-9(13(16)17)5-11(10)21(14,18)19/h3-5,8H,6-7H2,1-2H3,(H,16,17). The molecule has 1 aromatic rings. The third-order valence-corrected chi connectivity index (χ3v) is 5.87. The summed E-state index contributed by atoms with van der Waals surface area (Å²) in [5.41, 5.74) is -0.111. The number of benzene rings is 1. The third kappa shape index (κ3) is 2.77. The van der Waals surface area contributed by atoms with Crippen LogP contribution in [0.1, 0.15) is 27.6 Å². The van der Waals surface area contributed by atoms with Gasteiger partial charge in [-0.3, -0.25) is 4.79 Å². The number of aromatic carboxylic acids is 1. The van der Waals surface area contributed by atoms with Crippen molar-refractivity contribution in [2.45, 2.75) is 11.8 Å².